The van der Waals surface area contributed by atoms with E-state index in [0.29, 0.717) is 23.2 Å². The van der Waals surface area contributed by atoms with Crippen LogP contribution in [0.15, 0.2) is 29.3 Å². The minimum Gasteiger partial charge on any atom is -0.494 e. The fourth-order valence-corrected chi connectivity index (χ4v) is 3.46. The molecule has 6 heteroatoms. The van der Waals surface area contributed by atoms with E-state index in [1.54, 1.807) is 24.1 Å². The van der Waals surface area contributed by atoms with Crippen LogP contribution in [-0.2, 0) is 19.4 Å². The van der Waals surface area contributed by atoms with Crippen LogP contribution < -0.4 is 10.3 Å². The van der Waals surface area contributed by atoms with Gasteiger partial charge in [0.1, 0.15) is 11.3 Å². The minimum absolute atomic E-state index is 0.0655. The van der Waals surface area contributed by atoms with E-state index < -0.39 is 0 Å². The molecule has 24 heavy (non-hydrogen) atoms. The molecular weight excluding hydrogens is 304 g/mol. The van der Waals surface area contributed by atoms with E-state index in [4.69, 9.17) is 4.74 Å². The molecule has 2 aromatic heterocycles. The van der Waals surface area contributed by atoms with Gasteiger partial charge in [0.05, 0.1) is 31.1 Å². The largest absolute Gasteiger partial charge is 0.494 e. The van der Waals surface area contributed by atoms with Gasteiger partial charge >= 0.3 is 0 Å². The van der Waals surface area contributed by atoms with Crippen molar-refractivity contribution in [2.45, 2.75) is 38.6 Å². The molecule has 6 nitrogen and oxygen atoms in total. The Morgan fingerprint density at radius 3 is 3.00 bits per heavy atom. The van der Waals surface area contributed by atoms with Gasteiger partial charge in [-0.1, -0.05) is 12.5 Å². The Morgan fingerprint density at radius 1 is 1.25 bits per heavy atom. The van der Waals surface area contributed by atoms with Crippen LogP contribution in [0.3, 0.4) is 0 Å². The van der Waals surface area contributed by atoms with Crippen molar-refractivity contribution in [1.82, 2.24) is 19.7 Å². The van der Waals surface area contributed by atoms with Crippen LogP contribution in [0, 0.1) is 0 Å². The third-order valence-corrected chi connectivity index (χ3v) is 4.75. The number of aromatic amines is 1. The second kappa shape index (κ2) is 6.11. The molecule has 1 aliphatic rings. The highest BCUT2D eigenvalue weighted by molar-refractivity contribution is 5.83. The first-order chi connectivity index (χ1) is 11.8. The average Bonchev–Trinajstić information content (AvgIpc) is 2.83. The first kappa shape index (κ1) is 14.9. The number of methoxy groups -OCH3 is 1. The molecule has 0 fully saturated rings. The van der Waals surface area contributed by atoms with Crippen LogP contribution in [0.25, 0.3) is 10.9 Å². The summed E-state index contributed by atoms with van der Waals surface area (Å²) in [5.74, 6) is 0.616. The number of benzene rings is 1. The lowest BCUT2D eigenvalue weighted by Gasteiger charge is -2.08. The molecule has 0 saturated carbocycles. The SMILES string of the molecule is COc1cccc2c(=O)n(Cc3n[nH]c4c3CCCCC4)cnc12. The first-order valence-electron chi connectivity index (χ1n) is 8.35. The maximum atomic E-state index is 12.8. The molecule has 124 valence electrons. The Labute approximate surface area is 139 Å². The van der Waals surface area contributed by atoms with Gasteiger partial charge in [0.2, 0.25) is 0 Å². The van der Waals surface area contributed by atoms with Crippen molar-refractivity contribution in [3.8, 4) is 5.75 Å². The monoisotopic (exact) mass is 324 g/mol. The molecule has 0 spiro atoms. The lowest BCUT2D eigenvalue weighted by atomic mass is 10.1. The number of hydrogen-bond donors (Lipinski definition) is 1. The van der Waals surface area contributed by atoms with Gasteiger partial charge in [-0.25, -0.2) is 4.98 Å². The highest BCUT2D eigenvalue weighted by Crippen LogP contribution is 2.23. The zero-order valence-corrected chi connectivity index (χ0v) is 13.7. The van der Waals surface area contributed by atoms with E-state index in [2.05, 4.69) is 15.2 Å². The molecule has 0 saturated heterocycles. The number of para-hydroxylation sites is 1. The van der Waals surface area contributed by atoms with E-state index in [1.807, 2.05) is 12.1 Å². The van der Waals surface area contributed by atoms with Gasteiger partial charge in [0.15, 0.2) is 0 Å². The van der Waals surface area contributed by atoms with E-state index in [9.17, 15) is 4.79 Å². The topological polar surface area (TPSA) is 72.8 Å². The maximum absolute atomic E-state index is 12.8. The van der Waals surface area contributed by atoms with Crippen LogP contribution >= 0.6 is 0 Å². The Balaban J connectivity index is 1.75. The Hall–Kier alpha value is -2.63. The van der Waals surface area contributed by atoms with Gasteiger partial charge in [-0.15, -0.1) is 0 Å². The molecule has 0 unspecified atom stereocenters. The van der Waals surface area contributed by atoms with Crippen molar-refractivity contribution in [3.63, 3.8) is 0 Å². The van der Waals surface area contributed by atoms with Gasteiger partial charge in [-0.2, -0.15) is 5.10 Å². The molecule has 3 aromatic rings. The predicted molar refractivity (Wildman–Crippen MR) is 91.5 cm³/mol. The summed E-state index contributed by atoms with van der Waals surface area (Å²) in [5, 5.41) is 8.18. The molecule has 0 bridgehead atoms. The third kappa shape index (κ3) is 2.48. The summed E-state index contributed by atoms with van der Waals surface area (Å²) in [4.78, 5) is 17.2. The van der Waals surface area contributed by atoms with Gasteiger partial charge in [-0.3, -0.25) is 14.5 Å². The molecule has 1 aromatic carbocycles. The number of H-pyrrole nitrogens is 1. The number of ether oxygens (including phenoxy) is 1. The van der Waals surface area contributed by atoms with Crippen LogP contribution in [0.5, 0.6) is 5.75 Å². The van der Waals surface area contributed by atoms with Crippen LogP contribution in [0.2, 0.25) is 0 Å². The molecular formula is C18H20N4O2. The molecule has 0 radical (unpaired) electrons. The number of aromatic nitrogens is 4. The summed E-state index contributed by atoms with van der Waals surface area (Å²) in [6.45, 7) is 0.449. The van der Waals surface area contributed by atoms with Crippen molar-refractivity contribution < 1.29 is 4.74 Å². The smallest absolute Gasteiger partial charge is 0.261 e. The van der Waals surface area contributed by atoms with Gasteiger partial charge in [-0.05, 0) is 43.4 Å². The summed E-state index contributed by atoms with van der Waals surface area (Å²) < 4.78 is 6.92. The van der Waals surface area contributed by atoms with Crippen LogP contribution in [-0.4, -0.2) is 26.9 Å². The zero-order valence-electron chi connectivity index (χ0n) is 13.7. The summed E-state index contributed by atoms with van der Waals surface area (Å²) in [7, 11) is 1.58. The Morgan fingerprint density at radius 2 is 2.12 bits per heavy atom. The fraction of sp³-hybridized carbons (Fsp3) is 0.389. The maximum Gasteiger partial charge on any atom is 0.261 e. The number of aryl methyl sites for hydroxylation is 1. The molecule has 0 amide bonds. The van der Waals surface area contributed by atoms with Gasteiger partial charge in [0.25, 0.3) is 5.56 Å². The van der Waals surface area contributed by atoms with Crippen molar-refractivity contribution in [1.29, 1.82) is 0 Å². The Kier molecular flexibility index (Phi) is 3.80. The minimum atomic E-state index is -0.0655. The summed E-state index contributed by atoms with van der Waals surface area (Å²) in [5.41, 5.74) is 4.00. The molecule has 4 rings (SSSR count). The number of nitrogens with zero attached hydrogens (tertiary/aromatic N) is 3. The highest BCUT2D eigenvalue weighted by Gasteiger charge is 2.17. The number of fused-ring (bicyclic) bond motifs is 2. The van der Waals surface area contributed by atoms with Crippen molar-refractivity contribution in [2.75, 3.05) is 7.11 Å². The van der Waals surface area contributed by atoms with Crippen LogP contribution in [0.1, 0.15) is 36.2 Å². The standard InChI is InChI=1S/C18H20N4O2/c1-24-16-9-5-7-13-17(16)19-11-22(18(13)23)10-15-12-6-3-2-4-8-14(12)20-21-15/h5,7,9,11H,2-4,6,8,10H2,1H3,(H,20,21). The fourth-order valence-electron chi connectivity index (χ4n) is 3.46. The summed E-state index contributed by atoms with van der Waals surface area (Å²) in [6, 6.07) is 5.41. The first-order valence-corrected chi connectivity index (χ1v) is 8.35. The second-order valence-corrected chi connectivity index (χ2v) is 6.22. The molecule has 0 atom stereocenters. The predicted octanol–water partition coefficient (Wildman–Crippen LogP) is 2.45. The van der Waals surface area contributed by atoms with E-state index in [1.165, 1.54) is 30.5 Å². The quantitative estimate of drug-likeness (QED) is 0.751. The lowest BCUT2D eigenvalue weighted by molar-refractivity contribution is 0.418. The second-order valence-electron chi connectivity index (χ2n) is 6.22. The van der Waals surface area contributed by atoms with Gasteiger partial charge in [0, 0.05) is 5.69 Å². The molecule has 2 heterocycles. The van der Waals surface area contributed by atoms with Crippen molar-refractivity contribution >= 4 is 10.9 Å². The van der Waals surface area contributed by atoms with Crippen LogP contribution in [0.4, 0.5) is 0 Å². The van der Waals surface area contributed by atoms with E-state index in [0.717, 1.165) is 18.5 Å². The summed E-state index contributed by atoms with van der Waals surface area (Å²) >= 11 is 0. The highest BCUT2D eigenvalue weighted by atomic mass is 16.5. The Bertz CT molecular complexity index is 942. The molecule has 1 N–H and O–H groups in total. The third-order valence-electron chi connectivity index (χ3n) is 4.75. The molecule has 0 aliphatic heterocycles. The number of nitrogens with one attached hydrogen (secondary N) is 1. The van der Waals surface area contributed by atoms with Crippen molar-refractivity contribution in [2.24, 2.45) is 0 Å². The average molecular weight is 324 g/mol. The normalized spacial score (nSPS) is 14.4. The number of hydrogen-bond acceptors (Lipinski definition) is 4. The van der Waals surface area contributed by atoms with Crippen molar-refractivity contribution in [3.05, 3.63) is 51.8 Å². The summed E-state index contributed by atoms with van der Waals surface area (Å²) in [6.07, 6.45) is 7.30. The zero-order chi connectivity index (χ0) is 16.5. The lowest BCUT2D eigenvalue weighted by Crippen LogP contribution is -2.22. The van der Waals surface area contributed by atoms with E-state index >= 15 is 0 Å². The van der Waals surface area contributed by atoms with Gasteiger partial charge < -0.3 is 4.74 Å². The molecule has 1 aliphatic carbocycles. The number of rotatable bonds is 3. The van der Waals surface area contributed by atoms with E-state index in [-0.39, 0.29) is 5.56 Å².